The third-order valence-electron chi connectivity index (χ3n) is 5.56. The van der Waals surface area contributed by atoms with Gasteiger partial charge >= 0.3 is 0 Å². The molecule has 172 valence electrons. The number of likely N-dealkylation sites (tertiary alicyclic amines) is 1. The first kappa shape index (κ1) is 22.3. The molecule has 4 rings (SSSR count). The van der Waals surface area contributed by atoms with Crippen molar-refractivity contribution in [3.05, 3.63) is 53.8 Å². The second-order valence-corrected chi connectivity index (χ2v) is 8.14. The van der Waals surface area contributed by atoms with E-state index in [2.05, 4.69) is 5.32 Å². The summed E-state index contributed by atoms with van der Waals surface area (Å²) in [7, 11) is 0. The summed E-state index contributed by atoms with van der Waals surface area (Å²) in [6.45, 7) is 2.87. The van der Waals surface area contributed by atoms with Gasteiger partial charge in [0.1, 0.15) is 31.0 Å². The van der Waals surface area contributed by atoms with Gasteiger partial charge in [0.2, 0.25) is 5.91 Å². The predicted molar refractivity (Wildman–Crippen MR) is 116 cm³/mol. The number of amides is 1. The van der Waals surface area contributed by atoms with E-state index in [1.165, 1.54) is 24.3 Å². The second-order valence-electron chi connectivity index (χ2n) is 8.14. The van der Waals surface area contributed by atoms with Gasteiger partial charge in [-0.15, -0.1) is 0 Å². The van der Waals surface area contributed by atoms with Crippen LogP contribution in [0.2, 0.25) is 0 Å². The molecule has 6 nitrogen and oxygen atoms in total. The summed E-state index contributed by atoms with van der Waals surface area (Å²) in [5, 5.41) is 3.07. The van der Waals surface area contributed by atoms with Crippen molar-refractivity contribution in [2.24, 2.45) is 0 Å². The summed E-state index contributed by atoms with van der Waals surface area (Å²) in [5.74, 6) is 1.45. The molecule has 2 aliphatic heterocycles. The molecule has 2 aromatic carbocycles. The van der Waals surface area contributed by atoms with Gasteiger partial charge in [-0.1, -0.05) is 6.07 Å². The maximum atomic E-state index is 13.7. The van der Waals surface area contributed by atoms with Gasteiger partial charge in [0.15, 0.2) is 11.5 Å². The zero-order chi connectivity index (χ0) is 22.3. The van der Waals surface area contributed by atoms with Crippen LogP contribution in [0.15, 0.2) is 42.5 Å². The number of ether oxygens (including phenoxy) is 3. The molecular weight excluding hydrogens is 418 g/mol. The lowest BCUT2D eigenvalue weighted by Gasteiger charge is -2.25. The molecule has 1 fully saturated rings. The summed E-state index contributed by atoms with van der Waals surface area (Å²) in [6.07, 6.45) is 0.468. The Morgan fingerprint density at radius 3 is 2.69 bits per heavy atom. The van der Waals surface area contributed by atoms with Crippen LogP contribution >= 0.6 is 0 Å². The number of carbonyl (C=O) groups is 1. The van der Waals surface area contributed by atoms with Gasteiger partial charge in [-0.25, -0.2) is 8.78 Å². The zero-order valence-electron chi connectivity index (χ0n) is 17.9. The van der Waals surface area contributed by atoms with Crippen molar-refractivity contribution in [3.8, 4) is 17.2 Å². The zero-order valence-corrected chi connectivity index (χ0v) is 17.9. The van der Waals surface area contributed by atoms with Gasteiger partial charge < -0.3 is 19.5 Å². The molecule has 0 bridgehead atoms. The number of carbonyl (C=O) groups excluding carboxylic acids is 1. The van der Waals surface area contributed by atoms with Gasteiger partial charge in [0.25, 0.3) is 0 Å². The van der Waals surface area contributed by atoms with Gasteiger partial charge in [0.05, 0.1) is 13.0 Å². The Hall–Kier alpha value is -2.87. The fraction of sp³-hybridized carbons (Fsp3) is 0.458. The molecule has 2 atom stereocenters. The number of nitrogens with zero attached hydrogens (tertiary/aromatic N) is 1. The van der Waals surface area contributed by atoms with Crippen LogP contribution in [0.25, 0.3) is 0 Å². The maximum absolute atomic E-state index is 13.7. The number of halogens is 2. The number of rotatable bonds is 9. The number of fused-ring (bicyclic) bond motifs is 1. The third-order valence-corrected chi connectivity index (χ3v) is 5.56. The van der Waals surface area contributed by atoms with Gasteiger partial charge in [-0.3, -0.25) is 9.69 Å². The summed E-state index contributed by atoms with van der Waals surface area (Å²) < 4.78 is 43.4. The quantitative estimate of drug-likeness (QED) is 0.642. The highest BCUT2D eigenvalue weighted by Crippen LogP contribution is 2.31. The van der Waals surface area contributed by atoms with Crippen molar-refractivity contribution < 1.29 is 27.8 Å². The van der Waals surface area contributed by atoms with Crippen molar-refractivity contribution in [2.75, 3.05) is 39.5 Å². The summed E-state index contributed by atoms with van der Waals surface area (Å²) in [5.41, 5.74) is 1.01. The smallest absolute Gasteiger partial charge is 0.223 e. The monoisotopic (exact) mass is 446 g/mol. The highest BCUT2D eigenvalue weighted by Gasteiger charge is 2.25. The average molecular weight is 446 g/mol. The largest absolute Gasteiger partial charge is 0.493 e. The Kier molecular flexibility index (Phi) is 7.42. The van der Waals surface area contributed by atoms with Crippen molar-refractivity contribution in [1.82, 2.24) is 10.2 Å². The van der Waals surface area contributed by atoms with E-state index in [0.717, 1.165) is 11.3 Å². The van der Waals surface area contributed by atoms with Crippen molar-refractivity contribution in [3.63, 3.8) is 0 Å². The molecule has 2 heterocycles. The fourth-order valence-electron chi connectivity index (χ4n) is 4.02. The topological polar surface area (TPSA) is 60.0 Å². The summed E-state index contributed by atoms with van der Waals surface area (Å²) in [4.78, 5) is 14.6. The molecular formula is C24H28F2N2O4. The molecule has 1 N–H and O–H groups in total. The SMILES string of the molecule is O=C(CCOc1ccc(F)cc1)NC(Cc1ccc2c(c1)OCCO2)CN1CC[C@@H](F)C1. The Morgan fingerprint density at radius 2 is 1.94 bits per heavy atom. The van der Waals surface area contributed by atoms with E-state index in [4.69, 9.17) is 14.2 Å². The van der Waals surface area contributed by atoms with E-state index in [1.54, 1.807) is 0 Å². The molecule has 8 heteroatoms. The van der Waals surface area contributed by atoms with Gasteiger partial charge in [0, 0.05) is 25.7 Å². The van der Waals surface area contributed by atoms with Crippen LogP contribution in [-0.2, 0) is 11.2 Å². The van der Waals surface area contributed by atoms with E-state index in [-0.39, 0.29) is 30.8 Å². The maximum Gasteiger partial charge on any atom is 0.223 e. The Bertz CT molecular complexity index is 909. The number of alkyl halides is 1. The normalized spacial score (nSPS) is 18.9. The molecule has 2 aliphatic rings. The minimum absolute atomic E-state index is 0.148. The Balaban J connectivity index is 1.34. The highest BCUT2D eigenvalue weighted by molar-refractivity contribution is 5.76. The lowest BCUT2D eigenvalue weighted by Crippen LogP contribution is -2.45. The first-order valence-electron chi connectivity index (χ1n) is 11.0. The molecule has 1 saturated heterocycles. The first-order valence-corrected chi connectivity index (χ1v) is 11.0. The van der Waals surface area contributed by atoms with E-state index in [9.17, 15) is 13.6 Å². The van der Waals surface area contributed by atoms with Crippen LogP contribution in [0.4, 0.5) is 8.78 Å². The van der Waals surface area contributed by atoms with Gasteiger partial charge in [-0.2, -0.15) is 0 Å². The molecule has 0 radical (unpaired) electrons. The summed E-state index contributed by atoms with van der Waals surface area (Å²) >= 11 is 0. The van der Waals surface area contributed by atoms with Crippen LogP contribution in [-0.4, -0.2) is 62.5 Å². The number of hydrogen-bond acceptors (Lipinski definition) is 5. The lowest BCUT2D eigenvalue weighted by molar-refractivity contribution is -0.122. The molecule has 1 unspecified atom stereocenters. The lowest BCUT2D eigenvalue weighted by atomic mass is 10.0. The standard InChI is InChI=1S/C24H28F2N2O4/c25-18-2-4-21(5-3-18)30-10-8-24(29)27-20(16-28-9-7-19(26)15-28)13-17-1-6-22-23(14-17)32-12-11-31-22/h1-6,14,19-20H,7-13,15-16H2,(H,27,29)/t19-,20?/m1/s1. The molecule has 32 heavy (non-hydrogen) atoms. The fourth-order valence-corrected chi connectivity index (χ4v) is 4.02. The number of nitrogens with one attached hydrogen (secondary N) is 1. The number of hydrogen-bond donors (Lipinski definition) is 1. The van der Waals surface area contributed by atoms with E-state index in [1.807, 2.05) is 23.1 Å². The third kappa shape index (κ3) is 6.32. The average Bonchev–Trinajstić information content (AvgIpc) is 3.19. The summed E-state index contributed by atoms with van der Waals surface area (Å²) in [6, 6.07) is 11.3. The van der Waals surface area contributed by atoms with Crippen LogP contribution in [0, 0.1) is 5.82 Å². The molecule has 0 aliphatic carbocycles. The minimum Gasteiger partial charge on any atom is -0.493 e. The molecule has 1 amide bonds. The van der Waals surface area contributed by atoms with Crippen molar-refractivity contribution in [1.29, 1.82) is 0 Å². The Morgan fingerprint density at radius 1 is 1.16 bits per heavy atom. The predicted octanol–water partition coefficient (Wildman–Crippen LogP) is 3.14. The molecule has 0 aromatic heterocycles. The number of benzene rings is 2. The molecule has 0 saturated carbocycles. The van der Waals surface area contributed by atoms with E-state index < -0.39 is 6.17 Å². The Labute approximate surface area is 186 Å². The van der Waals surface area contributed by atoms with Crippen LogP contribution in [0.3, 0.4) is 0 Å². The van der Waals surface area contributed by atoms with Crippen molar-refractivity contribution >= 4 is 5.91 Å². The van der Waals surface area contributed by atoms with Gasteiger partial charge in [-0.05, 0) is 54.8 Å². The highest BCUT2D eigenvalue weighted by atomic mass is 19.1. The van der Waals surface area contributed by atoms with Crippen LogP contribution in [0.1, 0.15) is 18.4 Å². The molecule has 2 aromatic rings. The molecule has 0 spiro atoms. The van der Waals surface area contributed by atoms with E-state index >= 15 is 0 Å². The first-order chi connectivity index (χ1) is 15.5. The van der Waals surface area contributed by atoms with E-state index in [0.29, 0.717) is 57.2 Å². The van der Waals surface area contributed by atoms with Crippen molar-refractivity contribution in [2.45, 2.75) is 31.5 Å². The van der Waals surface area contributed by atoms with Crippen LogP contribution < -0.4 is 19.5 Å². The second kappa shape index (κ2) is 10.6. The van der Waals surface area contributed by atoms with Crippen LogP contribution in [0.5, 0.6) is 17.2 Å². The minimum atomic E-state index is -0.815.